The van der Waals surface area contributed by atoms with E-state index in [0.717, 1.165) is 12.8 Å². The fourth-order valence-corrected chi connectivity index (χ4v) is 12.9. The highest BCUT2D eigenvalue weighted by molar-refractivity contribution is 6.99. The number of fused-ring (bicyclic) bond motifs is 6. The third-order valence-electron chi connectivity index (χ3n) is 12.5. The van der Waals surface area contributed by atoms with Gasteiger partial charge < -0.3 is 0 Å². The van der Waals surface area contributed by atoms with Crippen LogP contribution in [-0.4, -0.2) is 8.07 Å². The van der Waals surface area contributed by atoms with Gasteiger partial charge in [0.1, 0.15) is 8.07 Å². The van der Waals surface area contributed by atoms with E-state index in [1.54, 1.807) is 16.0 Å². The molecule has 0 atom stereocenters. The molecule has 0 N–H and O–H groups in total. The summed E-state index contributed by atoms with van der Waals surface area (Å²) in [7, 11) is -1.89. The van der Waals surface area contributed by atoms with Crippen molar-refractivity contribution >= 4 is 61.9 Å². The van der Waals surface area contributed by atoms with Crippen LogP contribution in [0, 0.1) is 0 Å². The molecule has 2 aliphatic rings. The van der Waals surface area contributed by atoms with Crippen molar-refractivity contribution in [2.75, 3.05) is 0 Å². The molecule has 11 rings (SSSR count). The minimum absolute atomic E-state index is 1.12. The molecule has 1 aliphatic heterocycles. The average molecular weight is 717 g/mol. The summed E-state index contributed by atoms with van der Waals surface area (Å²) in [5.74, 6) is 0. The fraction of sp³-hybridized carbons (Fsp3) is 0.0741. The largest absolute Gasteiger partial charge is 0.113 e. The van der Waals surface area contributed by atoms with Gasteiger partial charge in [-0.05, 0) is 141 Å². The summed E-state index contributed by atoms with van der Waals surface area (Å²) in [6.07, 6.45) is 7.12. The van der Waals surface area contributed by atoms with Crippen molar-refractivity contribution in [2.45, 2.75) is 25.9 Å². The van der Waals surface area contributed by atoms with Crippen molar-refractivity contribution in [1.29, 1.82) is 0 Å². The molecule has 0 bridgehead atoms. The zero-order chi connectivity index (χ0) is 36.7. The molecule has 1 heteroatoms. The van der Waals surface area contributed by atoms with Gasteiger partial charge in [0.2, 0.25) is 0 Å². The van der Waals surface area contributed by atoms with Gasteiger partial charge in [0.25, 0.3) is 0 Å². The summed E-state index contributed by atoms with van der Waals surface area (Å²) in [6.45, 7) is 5.12. The van der Waals surface area contributed by atoms with Crippen LogP contribution >= 0.6 is 0 Å². The number of allylic oxidation sites excluding steroid dienone is 4. The van der Waals surface area contributed by atoms with Crippen molar-refractivity contribution in [3.05, 3.63) is 193 Å². The smallest absolute Gasteiger partial charge is 0.0843 e. The molecule has 0 fully saturated rings. The summed E-state index contributed by atoms with van der Waals surface area (Å²) in [5.41, 5.74) is 13.2. The first-order valence-corrected chi connectivity index (χ1v) is 22.6. The third kappa shape index (κ3) is 5.11. The van der Waals surface area contributed by atoms with E-state index in [1.165, 1.54) is 93.2 Å². The maximum Gasteiger partial charge on any atom is 0.113 e. The van der Waals surface area contributed by atoms with Crippen LogP contribution in [0.5, 0.6) is 0 Å². The van der Waals surface area contributed by atoms with Gasteiger partial charge in [-0.2, -0.15) is 0 Å². The van der Waals surface area contributed by atoms with Crippen LogP contribution in [0.15, 0.2) is 187 Å². The number of hydrogen-bond acceptors (Lipinski definition) is 0. The summed E-state index contributed by atoms with van der Waals surface area (Å²) in [4.78, 5) is 0. The van der Waals surface area contributed by atoms with Crippen LogP contribution < -0.4 is 5.19 Å². The number of benzene rings is 9. The minimum Gasteiger partial charge on any atom is -0.0843 e. The molecule has 0 spiro atoms. The Balaban J connectivity index is 1.20. The number of rotatable bonds is 4. The molecule has 0 saturated carbocycles. The monoisotopic (exact) mass is 716 g/mol. The van der Waals surface area contributed by atoms with Crippen LogP contribution in [0.2, 0.25) is 13.1 Å². The Kier molecular flexibility index (Phi) is 7.24. The second-order valence-electron chi connectivity index (χ2n) is 16.0. The lowest BCUT2D eigenvalue weighted by atomic mass is 9.83. The van der Waals surface area contributed by atoms with Gasteiger partial charge in [-0.1, -0.05) is 176 Å². The molecule has 9 aromatic rings. The molecule has 1 heterocycles. The highest BCUT2D eigenvalue weighted by Crippen LogP contribution is 2.48. The minimum atomic E-state index is -1.89. The van der Waals surface area contributed by atoms with E-state index in [-0.39, 0.29) is 0 Å². The second kappa shape index (κ2) is 12.4. The predicted octanol–water partition coefficient (Wildman–Crippen LogP) is 14.5. The molecule has 9 aromatic carbocycles. The second-order valence-corrected chi connectivity index (χ2v) is 20.3. The van der Waals surface area contributed by atoms with Crippen molar-refractivity contribution in [3.63, 3.8) is 0 Å². The highest BCUT2D eigenvalue weighted by atomic mass is 28.3. The maximum atomic E-state index is 2.63. The lowest BCUT2D eigenvalue weighted by Crippen LogP contribution is -2.41. The van der Waals surface area contributed by atoms with Gasteiger partial charge in [0, 0.05) is 0 Å². The Hall–Kier alpha value is -6.28. The summed E-state index contributed by atoms with van der Waals surface area (Å²) in [6, 6.07) is 63.9. The van der Waals surface area contributed by atoms with Gasteiger partial charge in [0.15, 0.2) is 0 Å². The summed E-state index contributed by atoms with van der Waals surface area (Å²) >= 11 is 0. The van der Waals surface area contributed by atoms with Crippen molar-refractivity contribution in [1.82, 2.24) is 0 Å². The SMILES string of the molecule is C[Si]1(C)C2=C(CCC=C2)c2cc3c(-c4ccc(-c5ccc6ccccc6c5)cc4)c4ccc(-c5ccc6ccccc6c5)cc4c(-c4ccccc4)c3cc21. The van der Waals surface area contributed by atoms with Crippen molar-refractivity contribution < 1.29 is 0 Å². The zero-order valence-corrected chi connectivity index (χ0v) is 32.2. The fourth-order valence-electron chi connectivity index (χ4n) is 9.69. The van der Waals surface area contributed by atoms with E-state index >= 15 is 0 Å². The van der Waals surface area contributed by atoms with E-state index in [4.69, 9.17) is 0 Å². The molecule has 55 heavy (non-hydrogen) atoms. The van der Waals surface area contributed by atoms with E-state index in [9.17, 15) is 0 Å². The van der Waals surface area contributed by atoms with Gasteiger partial charge in [-0.3, -0.25) is 0 Å². The first kappa shape index (κ1) is 32.2. The van der Waals surface area contributed by atoms with Gasteiger partial charge in [-0.15, -0.1) is 0 Å². The zero-order valence-electron chi connectivity index (χ0n) is 31.2. The van der Waals surface area contributed by atoms with E-state index in [1.807, 2.05) is 0 Å². The van der Waals surface area contributed by atoms with Gasteiger partial charge in [-0.25, -0.2) is 0 Å². The lowest BCUT2D eigenvalue weighted by molar-refractivity contribution is 1.05. The molecule has 0 unspecified atom stereocenters. The Morgan fingerprint density at radius 1 is 0.400 bits per heavy atom. The molecule has 0 saturated heterocycles. The highest BCUT2D eigenvalue weighted by Gasteiger charge is 2.39. The molecule has 0 nitrogen and oxygen atoms in total. The number of hydrogen-bond donors (Lipinski definition) is 0. The standard InChI is InChI=1S/C54H40Si/c1-55(2)51-19-11-10-18-45(51)47-33-49-50(34-52(47)55)54(38-14-4-3-5-15-38)48-32-44(43-27-23-36-13-7-9-17-41(36)31-43)28-29-46(48)53(49)39-24-20-37(21-25-39)42-26-22-35-12-6-8-16-40(35)30-42/h3-9,11-17,19-34H,10,18H2,1-2H3. The predicted molar refractivity (Wildman–Crippen MR) is 241 cm³/mol. The normalized spacial score (nSPS) is 14.6. The van der Waals surface area contributed by atoms with Crippen LogP contribution in [0.25, 0.3) is 93.2 Å². The van der Waals surface area contributed by atoms with Crippen LogP contribution in [0.4, 0.5) is 0 Å². The Labute approximate surface area is 323 Å². The van der Waals surface area contributed by atoms with Crippen LogP contribution in [0.3, 0.4) is 0 Å². The van der Waals surface area contributed by atoms with E-state index < -0.39 is 8.07 Å². The molecule has 1 aliphatic carbocycles. The molecule has 0 radical (unpaired) electrons. The van der Waals surface area contributed by atoms with Crippen LogP contribution in [-0.2, 0) is 0 Å². The Morgan fingerprint density at radius 2 is 0.909 bits per heavy atom. The molecule has 0 amide bonds. The molecular weight excluding hydrogens is 677 g/mol. The van der Waals surface area contributed by atoms with Crippen molar-refractivity contribution in [3.8, 4) is 44.5 Å². The van der Waals surface area contributed by atoms with E-state index in [0.29, 0.717) is 0 Å². The average Bonchev–Trinajstić information content (AvgIpc) is 3.46. The van der Waals surface area contributed by atoms with Gasteiger partial charge in [0.05, 0.1) is 0 Å². The topological polar surface area (TPSA) is 0 Å². The Morgan fingerprint density at radius 3 is 1.62 bits per heavy atom. The van der Waals surface area contributed by atoms with Gasteiger partial charge >= 0.3 is 0 Å². The van der Waals surface area contributed by atoms with Crippen molar-refractivity contribution in [2.24, 2.45) is 0 Å². The third-order valence-corrected chi connectivity index (χ3v) is 16.1. The summed E-state index contributed by atoms with van der Waals surface area (Å²) in [5, 5.41) is 13.6. The Bertz CT molecular complexity index is 3090. The van der Waals surface area contributed by atoms with E-state index in [2.05, 4.69) is 195 Å². The molecular formula is C54H40Si. The first-order valence-electron chi connectivity index (χ1n) is 19.6. The quantitative estimate of drug-likeness (QED) is 0.126. The first-order chi connectivity index (χ1) is 27.0. The molecule has 0 aromatic heterocycles. The molecule has 260 valence electrons. The van der Waals surface area contributed by atoms with Crippen LogP contribution in [0.1, 0.15) is 18.4 Å². The lowest BCUT2D eigenvalue weighted by Gasteiger charge is -2.24. The summed E-state index contributed by atoms with van der Waals surface area (Å²) < 4.78 is 0. The maximum absolute atomic E-state index is 2.63.